The molecule has 0 unspecified atom stereocenters. The largest absolute Gasteiger partial charge is 0.508 e. The van der Waals surface area contributed by atoms with Crippen LogP contribution in [0.5, 0.6) is 17.2 Å². The fraction of sp³-hybridized carbons (Fsp3) is 0.0952. The number of ketones is 1. The van der Waals surface area contributed by atoms with Gasteiger partial charge in [-0.3, -0.25) is 4.79 Å². The number of carbonyl (C=O) groups is 1. The molecule has 0 aromatic heterocycles. The first-order valence-electron chi connectivity index (χ1n) is 7.92. The van der Waals surface area contributed by atoms with Crippen LogP contribution in [0.1, 0.15) is 21.5 Å². The molecule has 0 aliphatic rings. The van der Waals surface area contributed by atoms with Gasteiger partial charge < -0.3 is 14.9 Å². The molecule has 3 aromatic rings. The number of phenols is 2. The molecular weight excluding hydrogens is 316 g/mol. The van der Waals surface area contributed by atoms with Crippen LogP contribution in [-0.2, 0) is 13.0 Å². The zero-order valence-corrected chi connectivity index (χ0v) is 13.6. The van der Waals surface area contributed by atoms with Gasteiger partial charge in [-0.05, 0) is 35.9 Å². The Balaban J connectivity index is 1.62. The van der Waals surface area contributed by atoms with Crippen molar-refractivity contribution in [3.05, 3.63) is 89.5 Å². The topological polar surface area (TPSA) is 66.8 Å². The summed E-state index contributed by atoms with van der Waals surface area (Å²) in [5.41, 5.74) is 2.09. The number of aromatic hydroxyl groups is 2. The molecular formula is C21H18O4. The molecule has 0 aliphatic heterocycles. The molecule has 0 radical (unpaired) electrons. The summed E-state index contributed by atoms with van der Waals surface area (Å²) in [5.74, 6) is 0.452. The van der Waals surface area contributed by atoms with E-state index in [0.29, 0.717) is 23.5 Å². The maximum Gasteiger partial charge on any atom is 0.167 e. The Hall–Kier alpha value is -3.27. The molecule has 0 amide bonds. The molecule has 0 spiro atoms. The van der Waals surface area contributed by atoms with E-state index >= 15 is 0 Å². The first kappa shape index (κ1) is 16.6. The summed E-state index contributed by atoms with van der Waals surface area (Å²) in [6, 6.07) is 21.0. The van der Waals surface area contributed by atoms with E-state index in [1.165, 1.54) is 12.1 Å². The fourth-order valence-corrected chi connectivity index (χ4v) is 2.45. The van der Waals surface area contributed by atoms with Crippen molar-refractivity contribution in [2.45, 2.75) is 13.0 Å². The van der Waals surface area contributed by atoms with Gasteiger partial charge in [-0.25, -0.2) is 0 Å². The second kappa shape index (κ2) is 7.53. The van der Waals surface area contributed by atoms with Crippen LogP contribution in [0.25, 0.3) is 0 Å². The Kier molecular flexibility index (Phi) is 5.00. The third-order valence-electron chi connectivity index (χ3n) is 3.84. The third kappa shape index (κ3) is 4.38. The highest BCUT2D eigenvalue weighted by Gasteiger charge is 2.11. The minimum absolute atomic E-state index is 0.0337. The van der Waals surface area contributed by atoms with Gasteiger partial charge in [-0.15, -0.1) is 0 Å². The van der Waals surface area contributed by atoms with Crippen molar-refractivity contribution in [2.24, 2.45) is 0 Å². The van der Waals surface area contributed by atoms with E-state index in [9.17, 15) is 15.0 Å². The van der Waals surface area contributed by atoms with Crippen LogP contribution >= 0.6 is 0 Å². The summed E-state index contributed by atoms with van der Waals surface area (Å²) in [7, 11) is 0. The molecule has 25 heavy (non-hydrogen) atoms. The quantitative estimate of drug-likeness (QED) is 0.666. The lowest BCUT2D eigenvalue weighted by atomic mass is 10.0. The van der Waals surface area contributed by atoms with Crippen molar-refractivity contribution in [1.82, 2.24) is 0 Å². The Labute approximate surface area is 146 Å². The monoisotopic (exact) mass is 334 g/mol. The second-order valence-electron chi connectivity index (χ2n) is 5.71. The van der Waals surface area contributed by atoms with Crippen molar-refractivity contribution in [1.29, 1.82) is 0 Å². The summed E-state index contributed by atoms with van der Waals surface area (Å²) in [5, 5.41) is 19.1. The molecule has 0 aliphatic carbocycles. The van der Waals surface area contributed by atoms with E-state index in [0.717, 1.165) is 5.56 Å². The molecule has 0 fully saturated rings. The van der Waals surface area contributed by atoms with Gasteiger partial charge in [0.05, 0.1) is 0 Å². The van der Waals surface area contributed by atoms with E-state index < -0.39 is 0 Å². The van der Waals surface area contributed by atoms with Crippen LogP contribution < -0.4 is 4.74 Å². The number of hydrogen-bond donors (Lipinski definition) is 2. The summed E-state index contributed by atoms with van der Waals surface area (Å²) in [6.07, 6.45) is 0.0658. The summed E-state index contributed by atoms with van der Waals surface area (Å²) < 4.78 is 5.70. The molecule has 4 heteroatoms. The molecule has 2 N–H and O–H groups in total. The van der Waals surface area contributed by atoms with E-state index in [4.69, 9.17) is 4.74 Å². The van der Waals surface area contributed by atoms with Crippen LogP contribution in [0.3, 0.4) is 0 Å². The number of benzene rings is 3. The fourth-order valence-electron chi connectivity index (χ4n) is 2.45. The Morgan fingerprint density at radius 1 is 0.880 bits per heavy atom. The lowest BCUT2D eigenvalue weighted by molar-refractivity contribution is 0.0992. The van der Waals surface area contributed by atoms with Gasteiger partial charge in [0, 0.05) is 23.6 Å². The van der Waals surface area contributed by atoms with Gasteiger partial charge in [-0.1, -0.05) is 36.4 Å². The first-order valence-corrected chi connectivity index (χ1v) is 7.92. The zero-order chi connectivity index (χ0) is 17.6. The molecule has 0 saturated heterocycles. The molecule has 0 atom stereocenters. The van der Waals surface area contributed by atoms with E-state index in [2.05, 4.69) is 0 Å². The van der Waals surface area contributed by atoms with Gasteiger partial charge in [0.15, 0.2) is 5.78 Å². The number of rotatable bonds is 6. The minimum Gasteiger partial charge on any atom is -0.508 e. The maximum absolute atomic E-state index is 12.3. The average Bonchev–Trinajstić information content (AvgIpc) is 2.63. The predicted molar refractivity (Wildman–Crippen MR) is 95.0 cm³/mol. The van der Waals surface area contributed by atoms with E-state index in [-0.39, 0.29) is 23.7 Å². The highest BCUT2D eigenvalue weighted by Crippen LogP contribution is 2.24. The summed E-state index contributed by atoms with van der Waals surface area (Å²) in [4.78, 5) is 12.3. The second-order valence-corrected chi connectivity index (χ2v) is 5.71. The summed E-state index contributed by atoms with van der Waals surface area (Å²) in [6.45, 7) is 0.468. The van der Waals surface area contributed by atoms with Crippen LogP contribution in [0.15, 0.2) is 72.8 Å². The van der Waals surface area contributed by atoms with Crippen molar-refractivity contribution in [2.75, 3.05) is 0 Å². The third-order valence-corrected chi connectivity index (χ3v) is 3.84. The number of carbonyl (C=O) groups excluding carboxylic acids is 1. The molecule has 0 bridgehead atoms. The van der Waals surface area contributed by atoms with Crippen LogP contribution in [0.2, 0.25) is 0 Å². The number of hydrogen-bond acceptors (Lipinski definition) is 4. The highest BCUT2D eigenvalue weighted by molar-refractivity contribution is 5.97. The molecule has 0 heterocycles. The zero-order valence-electron chi connectivity index (χ0n) is 13.6. The number of ether oxygens (including phenoxy) is 1. The lowest BCUT2D eigenvalue weighted by Gasteiger charge is -2.08. The SMILES string of the molecule is O=C(Cc1ccc(O)cc1O)c1ccc(OCc2ccccc2)cc1. The van der Waals surface area contributed by atoms with E-state index in [1.807, 2.05) is 30.3 Å². The molecule has 0 saturated carbocycles. The normalized spacial score (nSPS) is 10.4. The van der Waals surface area contributed by atoms with Crippen LogP contribution in [0.4, 0.5) is 0 Å². The van der Waals surface area contributed by atoms with Crippen LogP contribution in [0, 0.1) is 0 Å². The van der Waals surface area contributed by atoms with Gasteiger partial charge in [0.25, 0.3) is 0 Å². The van der Waals surface area contributed by atoms with Crippen molar-refractivity contribution >= 4 is 5.78 Å². The molecule has 126 valence electrons. The average molecular weight is 334 g/mol. The van der Waals surface area contributed by atoms with Gasteiger partial charge >= 0.3 is 0 Å². The van der Waals surface area contributed by atoms with Crippen molar-refractivity contribution in [3.8, 4) is 17.2 Å². The number of Topliss-reactive ketones (excluding diaryl/α,β-unsaturated/α-hetero) is 1. The van der Waals surface area contributed by atoms with Crippen molar-refractivity contribution in [3.63, 3.8) is 0 Å². The molecule has 3 rings (SSSR count). The maximum atomic E-state index is 12.3. The molecule has 4 nitrogen and oxygen atoms in total. The van der Waals surface area contributed by atoms with Crippen LogP contribution in [-0.4, -0.2) is 16.0 Å². The molecule has 3 aromatic carbocycles. The Bertz CT molecular complexity index is 855. The lowest BCUT2D eigenvalue weighted by Crippen LogP contribution is -2.04. The van der Waals surface area contributed by atoms with Gasteiger partial charge in [-0.2, -0.15) is 0 Å². The van der Waals surface area contributed by atoms with Gasteiger partial charge in [0.1, 0.15) is 23.9 Å². The summed E-state index contributed by atoms with van der Waals surface area (Å²) >= 11 is 0. The smallest absolute Gasteiger partial charge is 0.167 e. The van der Waals surface area contributed by atoms with Gasteiger partial charge in [0.2, 0.25) is 0 Å². The standard InChI is InChI=1S/C21H18O4/c22-18-9-6-17(21(24)13-18)12-20(23)16-7-10-19(11-8-16)25-14-15-4-2-1-3-5-15/h1-11,13,22,24H,12,14H2. The Morgan fingerprint density at radius 2 is 1.60 bits per heavy atom. The first-order chi connectivity index (χ1) is 12.1. The predicted octanol–water partition coefficient (Wildman–Crippen LogP) is 4.10. The minimum atomic E-state index is -0.115. The Morgan fingerprint density at radius 3 is 2.28 bits per heavy atom. The van der Waals surface area contributed by atoms with E-state index in [1.54, 1.807) is 30.3 Å². The van der Waals surface area contributed by atoms with Crippen molar-refractivity contribution < 1.29 is 19.7 Å². The highest BCUT2D eigenvalue weighted by atomic mass is 16.5. The number of phenolic OH excluding ortho intramolecular Hbond substituents is 2.